The molecule has 2 amide bonds. The summed E-state index contributed by atoms with van der Waals surface area (Å²) in [5, 5.41) is 38.4. The van der Waals surface area contributed by atoms with E-state index in [0.29, 0.717) is 35.3 Å². The number of ether oxygens (including phenoxy) is 1. The molecule has 0 unspecified atom stereocenters. The van der Waals surface area contributed by atoms with Crippen LogP contribution >= 0.6 is 0 Å². The number of nitrogens with one attached hydrogen (secondary N) is 3. The Morgan fingerprint density at radius 3 is 2.61 bits per heavy atom. The van der Waals surface area contributed by atoms with Gasteiger partial charge in [0.15, 0.2) is 36.7 Å². The number of methoxy groups -OCH3 is 1. The molecule has 2 radical (unpaired) electrons. The van der Waals surface area contributed by atoms with Crippen molar-refractivity contribution in [3.63, 3.8) is 0 Å². The van der Waals surface area contributed by atoms with Crippen LogP contribution in [0.15, 0.2) is 28.8 Å². The van der Waals surface area contributed by atoms with Crippen LogP contribution in [0, 0.1) is 11.8 Å². The van der Waals surface area contributed by atoms with Crippen LogP contribution in [0.3, 0.4) is 0 Å². The maximum Gasteiger partial charge on any atom is 0.277 e. The van der Waals surface area contributed by atoms with Crippen molar-refractivity contribution >= 4 is 36.9 Å². The number of anilines is 3. The second kappa shape index (κ2) is 11.8. The highest BCUT2D eigenvalue weighted by atomic mass is 16.5. The summed E-state index contributed by atoms with van der Waals surface area (Å²) in [6.45, 7) is 4.78. The van der Waals surface area contributed by atoms with Gasteiger partial charge in [-0.15, -0.1) is 10.2 Å². The van der Waals surface area contributed by atoms with Gasteiger partial charge in [0, 0.05) is 12.0 Å². The van der Waals surface area contributed by atoms with Gasteiger partial charge in [-0.1, -0.05) is 18.1 Å². The highest BCUT2D eigenvalue weighted by Gasteiger charge is 2.31. The van der Waals surface area contributed by atoms with Gasteiger partial charge in [0.2, 0.25) is 5.91 Å². The standard InChI is InChI=1S/C26H31BN8O6/c1-14-8-10-35(11-9-14)13-20-30-25(41-34-20)16-4-3-5-17(22(16)40-2)28-18-12-19(29-23(36)15-6-7-15)32-33-21(18)24(37)31-26(27,38)39/h3-5,12,14-15,38-39H,6-11,13H2,1-2H3,(H,31,37)(H2,28,29,32,36). The molecule has 0 atom stereocenters. The Bertz CT molecular complexity index is 1420. The lowest BCUT2D eigenvalue weighted by atomic mass is 9.99. The fourth-order valence-electron chi connectivity index (χ4n) is 4.53. The van der Waals surface area contributed by atoms with Crippen LogP contribution < -0.4 is 20.7 Å². The summed E-state index contributed by atoms with van der Waals surface area (Å²) in [5.74, 6) is -2.37. The highest BCUT2D eigenvalue weighted by molar-refractivity contribution is 6.15. The number of benzene rings is 1. The maximum absolute atomic E-state index is 12.7. The molecule has 1 aliphatic carbocycles. The third kappa shape index (κ3) is 7.17. The topological polar surface area (TPSA) is 188 Å². The number of nitrogens with zero attached hydrogens (tertiary/aromatic N) is 5. The van der Waals surface area contributed by atoms with Gasteiger partial charge in [0.05, 0.1) is 30.6 Å². The van der Waals surface area contributed by atoms with Gasteiger partial charge < -0.3 is 35.4 Å². The molecule has 1 saturated heterocycles. The minimum absolute atomic E-state index is 0.0776. The van der Waals surface area contributed by atoms with Crippen molar-refractivity contribution in [2.45, 2.75) is 45.0 Å². The average Bonchev–Trinajstić information content (AvgIpc) is 3.68. The fraction of sp³-hybridized carbons (Fsp3) is 0.462. The number of piperidine rings is 1. The summed E-state index contributed by atoms with van der Waals surface area (Å²) in [7, 11) is 6.59. The first-order chi connectivity index (χ1) is 19.6. The summed E-state index contributed by atoms with van der Waals surface area (Å²) in [4.78, 5) is 31.9. The minimum Gasteiger partial charge on any atom is -0.494 e. The van der Waals surface area contributed by atoms with Crippen LogP contribution in [-0.2, 0) is 11.3 Å². The van der Waals surface area contributed by atoms with Gasteiger partial charge in [0.1, 0.15) is 0 Å². The van der Waals surface area contributed by atoms with Crippen LogP contribution in [0.5, 0.6) is 5.75 Å². The molecule has 14 nitrogen and oxygen atoms in total. The molecule has 1 aromatic carbocycles. The number of amides is 2. The van der Waals surface area contributed by atoms with Crippen LogP contribution in [0.25, 0.3) is 11.5 Å². The van der Waals surface area contributed by atoms with Crippen LogP contribution in [0.2, 0.25) is 0 Å². The van der Waals surface area contributed by atoms with Crippen molar-refractivity contribution in [2.75, 3.05) is 30.8 Å². The van der Waals surface area contributed by atoms with E-state index in [0.717, 1.165) is 38.8 Å². The Balaban J connectivity index is 1.42. The highest BCUT2D eigenvalue weighted by Crippen LogP contribution is 2.38. The van der Waals surface area contributed by atoms with E-state index >= 15 is 0 Å². The lowest BCUT2D eigenvalue weighted by molar-refractivity contribution is -0.117. The summed E-state index contributed by atoms with van der Waals surface area (Å²) in [6.07, 6.45) is 3.83. The number of carbonyl (C=O) groups is 2. The van der Waals surface area contributed by atoms with Gasteiger partial charge in [-0.2, -0.15) is 4.98 Å². The third-order valence-corrected chi connectivity index (χ3v) is 6.93. The van der Waals surface area contributed by atoms with E-state index in [9.17, 15) is 19.8 Å². The van der Waals surface area contributed by atoms with Gasteiger partial charge in [-0.25, -0.2) is 0 Å². The Morgan fingerprint density at radius 2 is 1.93 bits per heavy atom. The van der Waals surface area contributed by atoms with Crippen molar-refractivity contribution in [3.8, 4) is 17.2 Å². The average molecular weight is 562 g/mol. The predicted molar refractivity (Wildman–Crippen MR) is 147 cm³/mol. The van der Waals surface area contributed by atoms with Crippen molar-refractivity contribution in [2.24, 2.45) is 11.8 Å². The number of carbonyl (C=O) groups excluding carboxylic acids is 2. The van der Waals surface area contributed by atoms with E-state index in [2.05, 4.69) is 42.8 Å². The molecule has 2 fully saturated rings. The second-order valence-corrected chi connectivity index (χ2v) is 10.4. The zero-order chi connectivity index (χ0) is 29.1. The van der Waals surface area contributed by atoms with Crippen molar-refractivity contribution in [1.82, 2.24) is 30.6 Å². The number of para-hydroxylation sites is 1. The Hall–Kier alpha value is -4.08. The van der Waals surface area contributed by atoms with Crippen molar-refractivity contribution in [1.29, 1.82) is 0 Å². The molecule has 3 heterocycles. The number of aliphatic hydroxyl groups is 2. The molecular formula is C26H31BN8O6. The molecule has 2 aliphatic rings. The maximum atomic E-state index is 12.7. The van der Waals surface area contributed by atoms with E-state index in [1.165, 1.54) is 13.2 Å². The normalized spacial score (nSPS) is 16.3. The smallest absolute Gasteiger partial charge is 0.277 e. The molecule has 41 heavy (non-hydrogen) atoms. The molecule has 1 saturated carbocycles. The SMILES string of the molecule is [B]C(O)(O)NC(=O)c1nnc(NC(=O)C2CC2)cc1Nc1cccc(-c2nc(CN3CCC(C)CC3)no2)c1OC. The summed E-state index contributed by atoms with van der Waals surface area (Å²) >= 11 is 0. The first-order valence-electron chi connectivity index (χ1n) is 13.3. The van der Waals surface area contributed by atoms with E-state index in [-0.39, 0.29) is 34.9 Å². The molecule has 2 aromatic heterocycles. The van der Waals surface area contributed by atoms with Gasteiger partial charge in [-0.05, 0) is 56.8 Å². The zero-order valence-electron chi connectivity index (χ0n) is 22.8. The number of likely N-dealkylation sites (tertiary alicyclic amines) is 1. The monoisotopic (exact) mass is 562 g/mol. The van der Waals surface area contributed by atoms with Gasteiger partial charge in [0.25, 0.3) is 11.8 Å². The lowest BCUT2D eigenvalue weighted by Crippen LogP contribution is -2.49. The van der Waals surface area contributed by atoms with Gasteiger partial charge >= 0.3 is 0 Å². The minimum atomic E-state index is -2.99. The lowest BCUT2D eigenvalue weighted by Gasteiger charge is -2.28. The molecular weight excluding hydrogens is 531 g/mol. The fourth-order valence-corrected chi connectivity index (χ4v) is 4.53. The molecule has 5 N–H and O–H groups in total. The molecule has 5 rings (SSSR count). The first-order valence-corrected chi connectivity index (χ1v) is 13.3. The number of hydrogen-bond acceptors (Lipinski definition) is 12. The molecule has 0 spiro atoms. The molecule has 214 valence electrons. The third-order valence-electron chi connectivity index (χ3n) is 6.93. The van der Waals surface area contributed by atoms with Gasteiger partial charge in [-0.3, -0.25) is 14.5 Å². The molecule has 0 bridgehead atoms. The number of aromatic nitrogens is 4. The summed E-state index contributed by atoms with van der Waals surface area (Å²) in [6, 6.07) is 6.56. The van der Waals surface area contributed by atoms with Crippen LogP contribution in [-0.4, -0.2) is 81.1 Å². The number of rotatable bonds is 10. The molecule has 3 aromatic rings. The van der Waals surface area contributed by atoms with Crippen LogP contribution in [0.1, 0.15) is 48.9 Å². The Morgan fingerprint density at radius 1 is 1.17 bits per heavy atom. The van der Waals surface area contributed by atoms with E-state index in [1.807, 2.05) is 0 Å². The van der Waals surface area contributed by atoms with E-state index in [4.69, 9.17) is 17.1 Å². The predicted octanol–water partition coefficient (Wildman–Crippen LogP) is 1.35. The summed E-state index contributed by atoms with van der Waals surface area (Å²) < 4.78 is 11.3. The zero-order valence-corrected chi connectivity index (χ0v) is 22.8. The van der Waals surface area contributed by atoms with E-state index in [1.54, 1.807) is 23.5 Å². The van der Waals surface area contributed by atoms with Crippen LogP contribution in [0.4, 0.5) is 17.2 Å². The Labute approximate surface area is 237 Å². The quantitative estimate of drug-likeness (QED) is 0.177. The second-order valence-electron chi connectivity index (χ2n) is 10.4. The van der Waals surface area contributed by atoms with E-state index < -0.39 is 11.7 Å². The van der Waals surface area contributed by atoms with Crippen molar-refractivity contribution in [3.05, 3.63) is 35.8 Å². The number of hydrogen-bond donors (Lipinski definition) is 5. The molecule has 15 heteroatoms. The Kier molecular flexibility index (Phi) is 8.19. The van der Waals surface area contributed by atoms with Crippen molar-refractivity contribution < 1.29 is 29.1 Å². The molecule has 1 aliphatic heterocycles. The summed E-state index contributed by atoms with van der Waals surface area (Å²) in [5.41, 5.74) is 0.651. The largest absolute Gasteiger partial charge is 0.494 e. The first kappa shape index (κ1) is 28.5.